The van der Waals surface area contributed by atoms with Gasteiger partial charge in [0.1, 0.15) is 146 Å². The van der Waals surface area contributed by atoms with E-state index in [9.17, 15) is 97.0 Å². The molecule has 2 unspecified atom stereocenters. The minimum absolute atomic E-state index is 0.247. The maximum Gasteiger partial charge on any atom is 0.187 e. The van der Waals surface area contributed by atoms with E-state index < -0.39 is 243 Å². The first-order chi connectivity index (χ1) is 34.7. The quantitative estimate of drug-likeness (QED) is 0.0913. The van der Waals surface area contributed by atoms with Crippen LogP contribution in [0.4, 0.5) is 0 Å². The van der Waals surface area contributed by atoms with Gasteiger partial charge in [-0.3, -0.25) is 0 Å². The van der Waals surface area contributed by atoms with Gasteiger partial charge in [0.25, 0.3) is 0 Å². The molecular weight excluding hydrogens is 1000 g/mol. The molecule has 0 spiro atoms. The highest BCUT2D eigenvalue weighted by molar-refractivity contribution is 5.01. The summed E-state index contributed by atoms with van der Waals surface area (Å²) in [5, 5.41) is 208. The summed E-state index contributed by atoms with van der Waals surface area (Å²) >= 11 is 0. The fourth-order valence-electron chi connectivity index (χ4n) is 9.79. The maximum absolute atomic E-state index is 11.8. The van der Waals surface area contributed by atoms with Crippen molar-refractivity contribution in [2.24, 2.45) is 0 Å². The second-order valence-electron chi connectivity index (χ2n) is 18.9. The zero-order valence-corrected chi connectivity index (χ0v) is 38.9. The molecule has 0 amide bonds. The minimum atomic E-state index is -2.19. The smallest absolute Gasteiger partial charge is 0.187 e. The van der Waals surface area contributed by atoms with E-state index in [1.54, 1.807) is 0 Å². The molecule has 22 aliphatic rings. The van der Waals surface area contributed by atoms with E-state index in [0.717, 1.165) is 0 Å². The number of aliphatic hydroxyl groups is 19. The standard InChI is InChI=1S/C41H70O32/c1-10(48)2-11(49)9-61-35-28(60)41-67-17(8-47)34(35)73-40-27(59)22(54)32(15(6-45)66-40)71-38-25(57)20(52)30(13(4-43)64-38)69-36-23(55)18(50)29(12(3-42)62-36)68-37-24(56)19(51)31(14(5-44)63-37)70-39-26(58)21(53)33(72-41)16(7-46)65-39/h10-60H,2-9H2,1H3/t10?,11?,12-,13-,14-,15-,16-,17-,18-,19-,20-,21-,22-,23-,24-,25-,26-,27-,28-,29-,30-,31-,32-,33-,34+,35-,36-,37-,38-,39-,40-,41-/m1/s1. The van der Waals surface area contributed by atoms with E-state index in [1.807, 2.05) is 0 Å². The summed E-state index contributed by atoms with van der Waals surface area (Å²) in [6.07, 6.45) is -61.5. The molecule has 22 fully saturated rings. The third kappa shape index (κ3) is 12.5. The van der Waals surface area contributed by atoms with Crippen LogP contribution >= 0.6 is 0 Å². The Morgan fingerprint density at radius 3 is 0.767 bits per heavy atom. The molecule has 22 heterocycles. The summed E-state index contributed by atoms with van der Waals surface area (Å²) in [5.41, 5.74) is 0. The molecule has 0 radical (unpaired) electrons. The van der Waals surface area contributed by atoms with Crippen LogP contribution in [0.2, 0.25) is 0 Å². The van der Waals surface area contributed by atoms with Crippen molar-refractivity contribution in [3.63, 3.8) is 0 Å². The van der Waals surface area contributed by atoms with E-state index in [2.05, 4.69) is 0 Å². The molecule has 22 aliphatic heterocycles. The average molecular weight is 1070 g/mol. The van der Waals surface area contributed by atoms with Crippen molar-refractivity contribution >= 4 is 0 Å². The lowest BCUT2D eigenvalue weighted by molar-refractivity contribution is -0.405. The molecule has 22 rings (SSSR count). The molecule has 0 saturated carbocycles. The zero-order valence-electron chi connectivity index (χ0n) is 38.9. The van der Waals surface area contributed by atoms with Crippen LogP contribution in [0.15, 0.2) is 0 Å². The van der Waals surface area contributed by atoms with Crippen molar-refractivity contribution in [2.75, 3.05) is 46.2 Å². The first-order valence-electron chi connectivity index (χ1n) is 23.7. The summed E-state index contributed by atoms with van der Waals surface area (Å²) < 4.78 is 75.0. The van der Waals surface area contributed by atoms with Crippen LogP contribution in [0.5, 0.6) is 0 Å². The van der Waals surface area contributed by atoms with Gasteiger partial charge < -0.3 is 159 Å². The largest absolute Gasteiger partial charge is 0.394 e. The molecule has 0 aliphatic carbocycles. The Morgan fingerprint density at radius 1 is 0.315 bits per heavy atom. The topological polar surface area (TPSA) is 504 Å². The normalized spacial score (nSPS) is 52.1. The van der Waals surface area contributed by atoms with Crippen LogP contribution in [0, 0.1) is 0 Å². The van der Waals surface area contributed by atoms with Crippen LogP contribution in [0.3, 0.4) is 0 Å². The predicted molar refractivity (Wildman–Crippen MR) is 222 cm³/mol. The number of aliphatic hydroxyl groups excluding tert-OH is 19. The Balaban J connectivity index is 1.22. The lowest BCUT2D eigenvalue weighted by atomic mass is 9.94. The fourth-order valence-corrected chi connectivity index (χ4v) is 9.79. The highest BCUT2D eigenvalue weighted by Gasteiger charge is 2.59. The van der Waals surface area contributed by atoms with Crippen molar-refractivity contribution < 1.29 is 159 Å². The molecule has 0 aromatic heterocycles. The third-order valence-corrected chi connectivity index (χ3v) is 13.7. The number of ether oxygens (including phenoxy) is 13. The Kier molecular flexibility index (Phi) is 20.9. The van der Waals surface area contributed by atoms with Gasteiger partial charge in [-0.1, -0.05) is 0 Å². The molecule has 0 aromatic rings. The van der Waals surface area contributed by atoms with Crippen LogP contribution in [-0.4, -0.2) is 340 Å². The molecule has 32 heteroatoms. The Morgan fingerprint density at radius 2 is 0.534 bits per heavy atom. The van der Waals surface area contributed by atoms with Gasteiger partial charge in [-0.15, -0.1) is 0 Å². The number of hydrogen-bond acceptors (Lipinski definition) is 32. The molecule has 22 saturated heterocycles. The van der Waals surface area contributed by atoms with Crippen LogP contribution in [0.25, 0.3) is 0 Å². The predicted octanol–water partition coefficient (Wildman–Crippen LogP) is -12.9. The third-order valence-electron chi connectivity index (χ3n) is 13.7. The SMILES string of the molecule is CC(O)CC(O)CO[C@@H]1[C@@H](O)[C@H]2O[C@H]3[C@H](O)[C@@H](O)[C@@H](O[C@H]4[C@H](O)[C@@H](O)[C@@H](O[C@H]5[C@H](O)[C@@H](O)[C@@H](O[C@H]6[C@H](O)[C@@H](O)[C@@H](O[C@H]7[C@H](O)[C@@H](O)[C@@H](O[C@H]1[C@@H](CO)O2)O[C@@H]7CO)O[C@@H]6CO)O[C@@H]5CO)O[C@@H]4CO)O[C@@H]3CO. The summed E-state index contributed by atoms with van der Waals surface area (Å²) in [7, 11) is 0. The summed E-state index contributed by atoms with van der Waals surface area (Å²) in [4.78, 5) is 0. The molecule has 32 nitrogen and oxygen atoms in total. The lowest BCUT2D eigenvalue weighted by Gasteiger charge is -2.51. The molecular formula is C41H70O32. The van der Waals surface area contributed by atoms with Gasteiger partial charge in [0.2, 0.25) is 0 Å². The van der Waals surface area contributed by atoms with Crippen molar-refractivity contribution in [1.82, 2.24) is 0 Å². The van der Waals surface area contributed by atoms with E-state index in [4.69, 9.17) is 61.6 Å². The zero-order chi connectivity index (χ0) is 53.3. The maximum atomic E-state index is 11.8. The molecule has 12 bridgehead atoms. The van der Waals surface area contributed by atoms with Crippen LogP contribution in [-0.2, 0) is 61.6 Å². The highest BCUT2D eigenvalue weighted by Crippen LogP contribution is 2.38. The molecule has 73 heavy (non-hydrogen) atoms. The van der Waals surface area contributed by atoms with Gasteiger partial charge in [0.05, 0.1) is 58.5 Å². The lowest BCUT2D eigenvalue weighted by Crippen LogP contribution is -2.69. The average Bonchev–Trinajstić information content (AvgIpc) is 3.36. The van der Waals surface area contributed by atoms with Crippen LogP contribution < -0.4 is 0 Å². The van der Waals surface area contributed by atoms with Gasteiger partial charge in [-0.05, 0) is 6.92 Å². The van der Waals surface area contributed by atoms with Gasteiger partial charge in [0, 0.05) is 6.42 Å². The van der Waals surface area contributed by atoms with Crippen molar-refractivity contribution in [3.8, 4) is 0 Å². The Labute approximate surface area is 414 Å². The Bertz CT molecular complexity index is 1660. The number of hydrogen-bond donors (Lipinski definition) is 19. The first-order valence-corrected chi connectivity index (χ1v) is 23.7. The monoisotopic (exact) mass is 1070 g/mol. The van der Waals surface area contributed by atoms with E-state index in [1.165, 1.54) is 6.92 Å². The summed E-state index contributed by atoms with van der Waals surface area (Å²) in [5.74, 6) is 0. The molecule has 426 valence electrons. The molecule has 19 N–H and O–H groups in total. The molecule has 0 aromatic carbocycles. The van der Waals surface area contributed by atoms with Gasteiger partial charge >= 0.3 is 0 Å². The van der Waals surface area contributed by atoms with Gasteiger partial charge in [-0.2, -0.15) is 0 Å². The Hall–Kier alpha value is -1.28. The highest BCUT2D eigenvalue weighted by atomic mass is 16.8. The van der Waals surface area contributed by atoms with Crippen LogP contribution in [0.1, 0.15) is 13.3 Å². The van der Waals surface area contributed by atoms with Gasteiger partial charge in [-0.25, -0.2) is 0 Å². The van der Waals surface area contributed by atoms with E-state index >= 15 is 0 Å². The van der Waals surface area contributed by atoms with E-state index in [-0.39, 0.29) is 6.42 Å². The minimum Gasteiger partial charge on any atom is -0.394 e. The fraction of sp³-hybridized carbons (Fsp3) is 1.00. The molecule has 32 atom stereocenters. The van der Waals surface area contributed by atoms with Crippen molar-refractivity contribution in [1.29, 1.82) is 0 Å². The summed E-state index contributed by atoms with van der Waals surface area (Å²) in [6.45, 7) is -5.39. The van der Waals surface area contributed by atoms with E-state index in [0.29, 0.717) is 0 Å². The summed E-state index contributed by atoms with van der Waals surface area (Å²) in [6, 6.07) is 0. The van der Waals surface area contributed by atoms with Crippen molar-refractivity contribution in [2.45, 2.75) is 210 Å². The van der Waals surface area contributed by atoms with Crippen molar-refractivity contribution in [3.05, 3.63) is 0 Å². The first kappa shape index (κ1) is 59.4. The number of rotatable bonds is 11. The van der Waals surface area contributed by atoms with Gasteiger partial charge in [0.15, 0.2) is 37.7 Å². The second-order valence-corrected chi connectivity index (χ2v) is 18.9. The second kappa shape index (κ2) is 25.7.